The quantitative estimate of drug-likeness (QED) is 0.747. The van der Waals surface area contributed by atoms with E-state index in [9.17, 15) is 4.79 Å². The van der Waals surface area contributed by atoms with Crippen molar-refractivity contribution in [3.05, 3.63) is 11.6 Å². The van der Waals surface area contributed by atoms with Gasteiger partial charge in [0, 0.05) is 11.3 Å². The molecule has 0 aliphatic heterocycles. The van der Waals surface area contributed by atoms with Gasteiger partial charge in [-0.25, -0.2) is 0 Å². The molecule has 0 atom stereocenters. The molecule has 2 nitrogen and oxygen atoms in total. The first-order valence-corrected chi connectivity index (χ1v) is 4.55. The van der Waals surface area contributed by atoms with E-state index < -0.39 is 10.7 Å². The molecule has 4 heteroatoms. The SMILES string of the molecule is CC(C)(SC/C=C/Cl)C(=O)O. The summed E-state index contributed by atoms with van der Waals surface area (Å²) in [6.07, 6.45) is 1.72. The van der Waals surface area contributed by atoms with Gasteiger partial charge in [-0.15, -0.1) is 11.8 Å². The molecule has 0 aromatic heterocycles. The Morgan fingerprint density at radius 2 is 2.27 bits per heavy atom. The predicted octanol–water partition coefficient (Wildman–Crippen LogP) is 2.34. The minimum Gasteiger partial charge on any atom is -0.480 e. The van der Waals surface area contributed by atoms with Gasteiger partial charge < -0.3 is 5.11 Å². The fraction of sp³-hybridized carbons (Fsp3) is 0.571. The van der Waals surface area contributed by atoms with Crippen LogP contribution in [-0.4, -0.2) is 21.6 Å². The van der Waals surface area contributed by atoms with Crippen molar-refractivity contribution in [2.45, 2.75) is 18.6 Å². The van der Waals surface area contributed by atoms with E-state index in [1.54, 1.807) is 19.9 Å². The predicted molar refractivity (Wildman–Crippen MR) is 49.2 cm³/mol. The lowest BCUT2D eigenvalue weighted by atomic mass is 10.2. The van der Waals surface area contributed by atoms with Crippen molar-refractivity contribution in [2.24, 2.45) is 0 Å². The molecule has 1 N–H and O–H groups in total. The Balaban J connectivity index is 3.82. The summed E-state index contributed by atoms with van der Waals surface area (Å²) in [5.74, 6) is -0.173. The van der Waals surface area contributed by atoms with E-state index in [-0.39, 0.29) is 0 Å². The van der Waals surface area contributed by atoms with Gasteiger partial charge in [0.15, 0.2) is 0 Å². The molecule has 0 spiro atoms. The Hall–Kier alpha value is -0.150. The van der Waals surface area contributed by atoms with Crippen molar-refractivity contribution >= 4 is 29.3 Å². The lowest BCUT2D eigenvalue weighted by molar-refractivity contribution is -0.138. The number of carboxylic acids is 1. The van der Waals surface area contributed by atoms with Gasteiger partial charge in [-0.05, 0) is 13.8 Å². The molecule has 0 heterocycles. The highest BCUT2D eigenvalue weighted by Gasteiger charge is 2.26. The van der Waals surface area contributed by atoms with Crippen LogP contribution in [0.4, 0.5) is 0 Å². The smallest absolute Gasteiger partial charge is 0.319 e. The highest BCUT2D eigenvalue weighted by atomic mass is 35.5. The van der Waals surface area contributed by atoms with Gasteiger partial charge in [0.25, 0.3) is 0 Å². The van der Waals surface area contributed by atoms with Gasteiger partial charge in [0.1, 0.15) is 4.75 Å². The fourth-order valence-corrected chi connectivity index (χ4v) is 1.28. The first kappa shape index (κ1) is 10.8. The fourth-order valence-electron chi connectivity index (χ4n) is 0.355. The van der Waals surface area contributed by atoms with Gasteiger partial charge in [-0.2, -0.15) is 0 Å². The van der Waals surface area contributed by atoms with Crippen LogP contribution >= 0.6 is 23.4 Å². The molecule has 0 fully saturated rings. The van der Waals surface area contributed by atoms with Crippen LogP contribution in [0.2, 0.25) is 0 Å². The number of rotatable bonds is 4. The van der Waals surface area contributed by atoms with Gasteiger partial charge in [0.05, 0.1) is 0 Å². The van der Waals surface area contributed by atoms with Gasteiger partial charge in [-0.3, -0.25) is 4.79 Å². The lowest BCUT2D eigenvalue weighted by Crippen LogP contribution is -2.27. The molecule has 0 amide bonds. The summed E-state index contributed by atoms with van der Waals surface area (Å²) in [7, 11) is 0. The molecule has 11 heavy (non-hydrogen) atoms. The molecule has 0 saturated heterocycles. The standard InChI is InChI=1S/C7H11ClO2S/c1-7(2,6(9)10)11-5-3-4-8/h3-4H,5H2,1-2H3,(H,9,10)/b4-3+. The summed E-state index contributed by atoms with van der Waals surface area (Å²) in [5.41, 5.74) is 1.39. The first-order valence-electron chi connectivity index (χ1n) is 3.13. The second-order valence-corrected chi connectivity index (χ2v) is 4.38. The Morgan fingerprint density at radius 3 is 2.64 bits per heavy atom. The second-order valence-electron chi connectivity index (χ2n) is 2.49. The van der Waals surface area contributed by atoms with Gasteiger partial charge in [0.2, 0.25) is 0 Å². The van der Waals surface area contributed by atoms with Crippen molar-refractivity contribution in [3.63, 3.8) is 0 Å². The van der Waals surface area contributed by atoms with Crippen LogP contribution in [-0.2, 0) is 4.79 Å². The maximum absolute atomic E-state index is 10.5. The zero-order valence-electron chi connectivity index (χ0n) is 6.50. The average molecular weight is 195 g/mol. The summed E-state index contributed by atoms with van der Waals surface area (Å²) < 4.78 is -0.726. The first-order chi connectivity index (χ1) is 5.00. The molecule has 0 radical (unpaired) electrons. The second kappa shape index (κ2) is 4.67. The Morgan fingerprint density at radius 1 is 1.73 bits per heavy atom. The average Bonchev–Trinajstić information content (AvgIpc) is 1.88. The van der Waals surface area contributed by atoms with E-state index in [1.807, 2.05) is 0 Å². The van der Waals surface area contributed by atoms with E-state index in [0.29, 0.717) is 5.75 Å². The molecule has 0 rings (SSSR count). The molecule has 64 valence electrons. The maximum Gasteiger partial charge on any atom is 0.319 e. The number of hydrogen-bond donors (Lipinski definition) is 1. The summed E-state index contributed by atoms with van der Waals surface area (Å²) in [6.45, 7) is 3.34. The molecule has 0 bridgehead atoms. The normalized spacial score (nSPS) is 12.3. The molecule has 0 aliphatic rings. The maximum atomic E-state index is 10.5. The molecular formula is C7H11ClO2S. The summed E-state index contributed by atoms with van der Waals surface area (Å²) in [4.78, 5) is 10.5. The highest BCUT2D eigenvalue weighted by Crippen LogP contribution is 2.24. The minimum absolute atomic E-state index is 0.628. The van der Waals surface area contributed by atoms with Crippen molar-refractivity contribution in [1.29, 1.82) is 0 Å². The summed E-state index contributed by atoms with van der Waals surface area (Å²) in [5, 5.41) is 8.66. The Bertz CT molecular complexity index is 166. The van der Waals surface area contributed by atoms with Crippen LogP contribution < -0.4 is 0 Å². The molecule has 0 aromatic rings. The van der Waals surface area contributed by atoms with Crippen LogP contribution in [0.25, 0.3) is 0 Å². The molecule has 0 unspecified atom stereocenters. The third kappa shape index (κ3) is 4.32. The topological polar surface area (TPSA) is 37.3 Å². The molecule has 0 aromatic carbocycles. The van der Waals surface area contributed by atoms with E-state index in [4.69, 9.17) is 16.7 Å². The Kier molecular flexibility index (Phi) is 4.61. The third-order valence-corrected chi connectivity index (χ3v) is 2.58. The zero-order valence-corrected chi connectivity index (χ0v) is 8.08. The number of carboxylic acid groups (broad SMARTS) is 1. The molecule has 0 aliphatic carbocycles. The molecule has 0 saturated carbocycles. The van der Waals surface area contributed by atoms with Crippen LogP contribution in [0, 0.1) is 0 Å². The zero-order chi connectivity index (χ0) is 8.91. The van der Waals surface area contributed by atoms with E-state index in [2.05, 4.69) is 0 Å². The van der Waals surface area contributed by atoms with Crippen molar-refractivity contribution in [3.8, 4) is 0 Å². The van der Waals surface area contributed by atoms with E-state index >= 15 is 0 Å². The van der Waals surface area contributed by atoms with Crippen molar-refractivity contribution in [1.82, 2.24) is 0 Å². The number of hydrogen-bond acceptors (Lipinski definition) is 2. The monoisotopic (exact) mass is 194 g/mol. The Labute approximate surface area is 75.6 Å². The van der Waals surface area contributed by atoms with Crippen molar-refractivity contribution < 1.29 is 9.90 Å². The van der Waals surface area contributed by atoms with Gasteiger partial charge in [-0.1, -0.05) is 17.7 Å². The number of thioether (sulfide) groups is 1. The summed E-state index contributed by atoms with van der Waals surface area (Å²) >= 11 is 6.61. The largest absolute Gasteiger partial charge is 0.480 e. The van der Waals surface area contributed by atoms with E-state index in [0.717, 1.165) is 0 Å². The summed E-state index contributed by atoms with van der Waals surface area (Å²) in [6, 6.07) is 0. The minimum atomic E-state index is -0.800. The van der Waals surface area contributed by atoms with Gasteiger partial charge >= 0.3 is 5.97 Å². The van der Waals surface area contributed by atoms with Crippen molar-refractivity contribution in [2.75, 3.05) is 5.75 Å². The van der Waals surface area contributed by atoms with E-state index in [1.165, 1.54) is 17.3 Å². The lowest BCUT2D eigenvalue weighted by Gasteiger charge is -2.16. The number of carbonyl (C=O) groups is 1. The van der Waals surface area contributed by atoms with Crippen LogP contribution in [0.5, 0.6) is 0 Å². The van der Waals surface area contributed by atoms with Crippen LogP contribution in [0.15, 0.2) is 11.6 Å². The van der Waals surface area contributed by atoms with Crippen LogP contribution in [0.3, 0.4) is 0 Å². The number of halogens is 1. The number of aliphatic carboxylic acids is 1. The highest BCUT2D eigenvalue weighted by molar-refractivity contribution is 8.01. The molecular weight excluding hydrogens is 184 g/mol. The third-order valence-electron chi connectivity index (χ3n) is 1.14. The van der Waals surface area contributed by atoms with Crippen LogP contribution in [0.1, 0.15) is 13.8 Å².